The highest BCUT2D eigenvalue weighted by Crippen LogP contribution is 2.31. The van der Waals surface area contributed by atoms with Gasteiger partial charge in [-0.15, -0.1) is 0 Å². The van der Waals surface area contributed by atoms with E-state index in [1.807, 2.05) is 0 Å². The molecule has 22 heteroatoms. The average molecular weight is 966 g/mol. The minimum atomic E-state index is -2.92. The van der Waals surface area contributed by atoms with Crippen molar-refractivity contribution < 1.29 is 43.0 Å². The second-order valence-corrected chi connectivity index (χ2v) is 15.6. The van der Waals surface area contributed by atoms with Gasteiger partial charge in [0.25, 0.3) is 0 Å². The van der Waals surface area contributed by atoms with Crippen molar-refractivity contribution in [2.45, 2.75) is 80.8 Å². The smallest absolute Gasteiger partial charge is 0.408 e. The summed E-state index contributed by atoms with van der Waals surface area (Å²) in [5.74, 6) is -4.29. The van der Waals surface area contributed by atoms with Gasteiger partial charge in [-0.2, -0.15) is 0 Å². The summed E-state index contributed by atoms with van der Waals surface area (Å²) in [7, 11) is 0. The molecule has 3 aromatic rings. The Morgan fingerprint density at radius 3 is 0.938 bits per heavy atom. The Bertz CT molecular complexity index is 1870. The number of guanidine groups is 3. The van der Waals surface area contributed by atoms with Gasteiger partial charge in [-0.1, -0.05) is 107 Å². The zero-order chi connectivity index (χ0) is 47.6. The lowest BCUT2D eigenvalue weighted by Gasteiger charge is -2.34. The molecule has 0 saturated carbocycles. The molecule has 0 aromatic heterocycles. The van der Waals surface area contributed by atoms with Crippen LogP contribution in [0, 0.1) is 0 Å². The van der Waals surface area contributed by atoms with Gasteiger partial charge in [-0.3, -0.25) is 29.4 Å². The van der Waals surface area contributed by atoms with Crippen molar-refractivity contribution in [1.29, 1.82) is 0 Å². The van der Waals surface area contributed by atoms with Crippen molar-refractivity contribution >= 4 is 69.4 Å². The van der Waals surface area contributed by atoms with Crippen LogP contribution in [-0.2, 0) is 48.4 Å². The van der Waals surface area contributed by atoms with E-state index in [1.54, 1.807) is 91.0 Å². The molecule has 65 heavy (non-hydrogen) atoms. The van der Waals surface area contributed by atoms with E-state index in [0.29, 0.717) is 16.7 Å². The Balaban J connectivity index is 2.13. The number of hydrogen-bond acceptors (Lipinski definition) is 12. The molecule has 0 aliphatic rings. The van der Waals surface area contributed by atoms with Gasteiger partial charge in [0, 0.05) is 19.6 Å². The third kappa shape index (κ3) is 19.0. The molecule has 0 fully saturated rings. The van der Waals surface area contributed by atoms with E-state index < -0.39 is 58.1 Å². The largest absolute Gasteiger partial charge is 0.445 e. The Morgan fingerprint density at radius 1 is 0.462 bits per heavy atom. The summed E-state index contributed by atoms with van der Waals surface area (Å²) in [4.78, 5) is 97.5. The fraction of sp³-hybridized carbons (Fsp3) is 0.372. The number of nitrogens with zero attached hydrogens (tertiary/aromatic N) is 3. The molecule has 3 rings (SSSR count). The SMILES string of the molecule is NC(N)=NCCC[C@H](NC(=O)OCc1ccccc1)C(=O)C(Br)(C(=O)[C@H](CCCN=C(N)N)NC(=O)OCc1ccccc1)C(=O)[C@H](CCCN=C(N)N)NC(=O)OCc1ccccc1. The van der Waals surface area contributed by atoms with Crippen LogP contribution in [0.3, 0.4) is 0 Å². The van der Waals surface area contributed by atoms with Gasteiger partial charge in [0.1, 0.15) is 19.8 Å². The highest BCUT2D eigenvalue weighted by molar-refractivity contribution is 9.11. The standard InChI is InChI=1S/C43H57BrN12O9/c44-43(34(57)31(19-10-22-51-37(45)46)54-40(60)63-25-28-13-4-1-5-14-28,35(58)32(20-11-23-52-38(47)48)55-41(61)64-26-29-15-6-2-7-16-29)36(59)33(21-12-24-53-39(49)50)56-42(62)65-27-30-17-8-3-9-18-30/h1-9,13-18,31-33H,10-12,19-27H2,(H,54,60)(H,55,61)(H,56,62)(H4,45,46,51)(H4,47,48,52)(H4,49,50,53)/t31-,32-,33-/m0/s1. The maximum absolute atomic E-state index is 15.2. The summed E-state index contributed by atoms with van der Waals surface area (Å²) < 4.78 is 13.3. The zero-order valence-corrected chi connectivity index (χ0v) is 37.3. The number of amides is 3. The number of aliphatic imine (C=N–C) groups is 3. The van der Waals surface area contributed by atoms with E-state index in [9.17, 15) is 14.4 Å². The molecule has 0 aliphatic heterocycles. The van der Waals surface area contributed by atoms with E-state index in [1.165, 1.54) is 0 Å². The average Bonchev–Trinajstić information content (AvgIpc) is 3.29. The second-order valence-electron chi connectivity index (χ2n) is 14.4. The Labute approximate surface area is 384 Å². The van der Waals surface area contributed by atoms with Gasteiger partial charge in [-0.25, -0.2) is 14.4 Å². The number of Topliss-reactive ketones (excluding diaryl/α,β-unsaturated/α-hetero) is 3. The first-order valence-electron chi connectivity index (χ1n) is 20.5. The van der Waals surface area contributed by atoms with Gasteiger partial charge < -0.3 is 64.6 Å². The van der Waals surface area contributed by atoms with Crippen LogP contribution in [0.5, 0.6) is 0 Å². The maximum atomic E-state index is 15.2. The number of alkyl halides is 1. The minimum Gasteiger partial charge on any atom is -0.445 e. The number of ether oxygens (including phenoxy) is 3. The number of nitrogens with one attached hydrogen (secondary N) is 3. The molecule has 0 radical (unpaired) electrons. The second kappa shape index (κ2) is 27.7. The highest BCUT2D eigenvalue weighted by Gasteiger charge is 2.56. The van der Waals surface area contributed by atoms with Crippen molar-refractivity contribution in [3.05, 3.63) is 108 Å². The van der Waals surface area contributed by atoms with Crippen LogP contribution in [0.15, 0.2) is 106 Å². The first-order valence-corrected chi connectivity index (χ1v) is 21.3. The zero-order valence-electron chi connectivity index (χ0n) is 35.7. The lowest BCUT2D eigenvalue weighted by atomic mass is 9.80. The van der Waals surface area contributed by atoms with Crippen LogP contribution in [0.1, 0.15) is 55.2 Å². The first kappa shape index (κ1) is 52.1. The summed E-state index contributed by atoms with van der Waals surface area (Å²) in [5.41, 5.74) is 35.0. The van der Waals surface area contributed by atoms with Crippen molar-refractivity contribution in [3.8, 4) is 0 Å². The van der Waals surface area contributed by atoms with Crippen LogP contribution < -0.4 is 50.4 Å². The predicted octanol–water partition coefficient (Wildman–Crippen LogP) is 1.87. The van der Waals surface area contributed by atoms with Crippen LogP contribution >= 0.6 is 15.9 Å². The van der Waals surface area contributed by atoms with Crippen molar-refractivity contribution in [2.24, 2.45) is 49.4 Å². The minimum absolute atomic E-state index is 0.0194. The summed E-state index contributed by atoms with van der Waals surface area (Å²) in [6.07, 6.45) is -3.75. The molecule has 0 bridgehead atoms. The number of alkyl carbamates (subject to hydrolysis) is 3. The van der Waals surface area contributed by atoms with Crippen LogP contribution in [0.2, 0.25) is 0 Å². The third-order valence-electron chi connectivity index (χ3n) is 9.32. The van der Waals surface area contributed by atoms with Gasteiger partial charge in [0.2, 0.25) is 4.32 Å². The van der Waals surface area contributed by atoms with Crippen LogP contribution in [0.25, 0.3) is 0 Å². The molecule has 0 spiro atoms. The van der Waals surface area contributed by atoms with Gasteiger partial charge >= 0.3 is 18.3 Å². The van der Waals surface area contributed by atoms with E-state index in [-0.39, 0.29) is 95.9 Å². The monoisotopic (exact) mass is 964 g/mol. The van der Waals surface area contributed by atoms with Gasteiger partial charge in [0.15, 0.2) is 35.2 Å². The lowest BCUT2D eigenvalue weighted by Crippen LogP contribution is -2.65. The van der Waals surface area contributed by atoms with Crippen molar-refractivity contribution in [1.82, 2.24) is 16.0 Å². The number of carbonyl (C=O) groups is 6. The Hall–Kier alpha value is -7.23. The fourth-order valence-electron chi connectivity index (χ4n) is 6.12. The quantitative estimate of drug-likeness (QED) is 0.0132. The molecular weight excluding hydrogens is 908 g/mol. The van der Waals surface area contributed by atoms with E-state index in [2.05, 4.69) is 46.9 Å². The number of benzene rings is 3. The van der Waals surface area contributed by atoms with E-state index >= 15 is 14.4 Å². The van der Waals surface area contributed by atoms with Crippen LogP contribution in [0.4, 0.5) is 14.4 Å². The molecule has 0 saturated heterocycles. The molecule has 15 N–H and O–H groups in total. The Kier molecular flexibility index (Phi) is 22.2. The normalized spacial score (nSPS) is 12.1. The molecule has 3 amide bonds. The predicted molar refractivity (Wildman–Crippen MR) is 247 cm³/mol. The number of ketones is 3. The highest BCUT2D eigenvalue weighted by atomic mass is 79.9. The molecular formula is C43H57BrN12O9. The van der Waals surface area contributed by atoms with E-state index in [4.69, 9.17) is 48.6 Å². The molecule has 0 heterocycles. The molecule has 3 aromatic carbocycles. The number of carbonyl (C=O) groups excluding carboxylic acids is 6. The van der Waals surface area contributed by atoms with Crippen LogP contribution in [-0.4, -0.2) is 95.6 Å². The maximum Gasteiger partial charge on any atom is 0.408 e. The van der Waals surface area contributed by atoms with Crippen molar-refractivity contribution in [3.63, 3.8) is 0 Å². The molecule has 0 unspecified atom stereocenters. The third-order valence-corrected chi connectivity index (χ3v) is 10.5. The van der Waals surface area contributed by atoms with Gasteiger partial charge in [-0.05, 0) is 55.2 Å². The van der Waals surface area contributed by atoms with E-state index in [0.717, 1.165) is 0 Å². The topological polar surface area (TPSA) is 359 Å². The number of halogens is 1. The summed E-state index contributed by atoms with van der Waals surface area (Å²) >= 11 is 3.25. The number of rotatable bonds is 27. The van der Waals surface area contributed by atoms with Crippen molar-refractivity contribution in [2.75, 3.05) is 19.6 Å². The molecule has 3 atom stereocenters. The lowest BCUT2D eigenvalue weighted by molar-refractivity contribution is -0.140. The Morgan fingerprint density at radius 2 is 0.708 bits per heavy atom. The first-order chi connectivity index (χ1) is 31.1. The van der Waals surface area contributed by atoms with Gasteiger partial charge in [0.05, 0.1) is 18.1 Å². The fourth-order valence-corrected chi connectivity index (χ4v) is 6.95. The molecule has 0 aliphatic carbocycles. The molecule has 350 valence electrons. The summed E-state index contributed by atoms with van der Waals surface area (Å²) in [6.45, 7) is -0.645. The number of nitrogens with two attached hydrogens (primary N) is 6. The summed E-state index contributed by atoms with van der Waals surface area (Å²) in [6, 6.07) is 21.1. The summed E-state index contributed by atoms with van der Waals surface area (Å²) in [5, 5.41) is 7.46. The number of hydrogen-bond donors (Lipinski definition) is 9. The molecule has 21 nitrogen and oxygen atoms in total.